The van der Waals surface area contributed by atoms with Crippen molar-refractivity contribution in [1.82, 2.24) is 30.4 Å². The Bertz CT molecular complexity index is 759. The van der Waals surface area contributed by atoms with Gasteiger partial charge in [0.15, 0.2) is 5.82 Å². The van der Waals surface area contributed by atoms with Gasteiger partial charge >= 0.3 is 5.97 Å². The van der Waals surface area contributed by atoms with Crippen molar-refractivity contribution in [2.24, 2.45) is 7.05 Å². The van der Waals surface area contributed by atoms with Crippen LogP contribution in [0.4, 0.5) is 0 Å². The highest BCUT2D eigenvalue weighted by Crippen LogP contribution is 2.40. The molecule has 2 aliphatic rings. The van der Waals surface area contributed by atoms with E-state index < -0.39 is 23.3 Å². The first-order valence-electron chi connectivity index (χ1n) is 6.35. The van der Waals surface area contributed by atoms with E-state index in [2.05, 4.69) is 20.8 Å². The minimum atomic E-state index is -1.26. The summed E-state index contributed by atoms with van der Waals surface area (Å²) in [5.74, 6) is -1.22. The molecule has 23 heavy (non-hydrogen) atoms. The summed E-state index contributed by atoms with van der Waals surface area (Å²) in [7, 11) is 1.58. The average Bonchev–Trinajstić information content (AvgIpc) is 2.96. The molecule has 0 aliphatic carbocycles. The van der Waals surface area contributed by atoms with Crippen LogP contribution in [0.3, 0.4) is 0 Å². The third-order valence-corrected chi connectivity index (χ3v) is 5.22. The fourth-order valence-corrected chi connectivity index (χ4v) is 4.24. The topological polar surface area (TPSA) is 130 Å². The van der Waals surface area contributed by atoms with E-state index in [1.54, 1.807) is 7.05 Å². The van der Waals surface area contributed by atoms with E-state index in [1.165, 1.54) is 16.4 Å². The second kappa shape index (κ2) is 5.70. The van der Waals surface area contributed by atoms with Gasteiger partial charge in [0.1, 0.15) is 17.1 Å². The second-order valence-corrected chi connectivity index (χ2v) is 6.27. The van der Waals surface area contributed by atoms with Gasteiger partial charge in [-0.3, -0.25) is 14.5 Å². The van der Waals surface area contributed by atoms with Crippen LogP contribution in [0.5, 0.6) is 0 Å². The molecule has 0 bridgehead atoms. The van der Waals surface area contributed by atoms with Crippen LogP contribution in [0.15, 0.2) is 11.3 Å². The lowest BCUT2D eigenvalue weighted by molar-refractivity contribution is -0.149. The molecule has 1 unspecified atom stereocenters. The first-order chi connectivity index (χ1) is 11.0. The number of carboxylic acids is 1. The highest BCUT2D eigenvalue weighted by atomic mass is 32.2. The lowest BCUT2D eigenvalue weighted by Crippen LogP contribution is -2.69. The lowest BCUT2D eigenvalue weighted by Gasteiger charge is -2.49. The Morgan fingerprint density at radius 3 is 2.87 bits per heavy atom. The molecule has 10 nitrogen and oxygen atoms in total. The Labute approximate surface area is 138 Å². The fourth-order valence-electron chi connectivity index (χ4n) is 2.44. The van der Waals surface area contributed by atoms with Crippen molar-refractivity contribution in [3.63, 3.8) is 0 Å². The summed E-state index contributed by atoms with van der Waals surface area (Å²) in [6.07, 6.45) is 0.427. The van der Waals surface area contributed by atoms with Gasteiger partial charge in [-0.05, 0) is 10.4 Å². The highest BCUT2D eigenvalue weighted by Gasteiger charge is 2.54. The van der Waals surface area contributed by atoms with Crippen molar-refractivity contribution in [3.8, 4) is 0 Å². The second-order valence-electron chi connectivity index (χ2n) is 4.76. The van der Waals surface area contributed by atoms with Crippen molar-refractivity contribution in [2.75, 3.05) is 5.75 Å². The van der Waals surface area contributed by atoms with Gasteiger partial charge in [-0.2, -0.15) is 0 Å². The normalized spacial score (nSPS) is 23.2. The van der Waals surface area contributed by atoms with Crippen LogP contribution in [-0.2, 0) is 21.4 Å². The number of β-lactam (4-membered cyclic amide) rings is 1. The zero-order valence-corrected chi connectivity index (χ0v) is 13.3. The molecule has 1 aromatic rings. The molecule has 0 spiro atoms. The molecule has 0 aromatic carbocycles. The summed E-state index contributed by atoms with van der Waals surface area (Å²) in [4.78, 5) is 35.6. The number of hydrogen-bond donors (Lipinski definition) is 2. The highest BCUT2D eigenvalue weighted by molar-refractivity contribution is 8.00. The van der Waals surface area contributed by atoms with Gasteiger partial charge in [0.25, 0.3) is 5.91 Å². The maximum Gasteiger partial charge on any atom is 0.353 e. The van der Waals surface area contributed by atoms with Crippen molar-refractivity contribution >= 4 is 47.1 Å². The summed E-state index contributed by atoms with van der Waals surface area (Å²) < 4.78 is 1.33. The van der Waals surface area contributed by atoms with Gasteiger partial charge in [-0.1, -0.05) is 12.2 Å². The Kier molecular flexibility index (Phi) is 3.85. The molecule has 3 heterocycles. The third kappa shape index (κ3) is 2.30. The van der Waals surface area contributed by atoms with Crippen LogP contribution in [0.1, 0.15) is 5.82 Å². The molecule has 2 atom stereocenters. The number of nitrogens with zero attached hydrogens (tertiary/aromatic N) is 5. The first kappa shape index (κ1) is 15.6. The third-order valence-electron chi connectivity index (χ3n) is 3.52. The number of aryl methyl sites for hydroxylation is 1. The molecule has 12 heteroatoms. The zero-order chi connectivity index (χ0) is 16.7. The summed E-state index contributed by atoms with van der Waals surface area (Å²) in [5.41, 5.74) is 0.125. The van der Waals surface area contributed by atoms with Crippen molar-refractivity contribution < 1.29 is 19.5 Å². The number of hydrogen-bond acceptors (Lipinski definition) is 8. The summed E-state index contributed by atoms with van der Waals surface area (Å²) >= 11 is 6.63. The number of thioether (sulfide) groups is 1. The Morgan fingerprint density at radius 1 is 1.57 bits per heavy atom. The monoisotopic (exact) mass is 354 g/mol. The number of aliphatic carboxylic acids is 1. The largest absolute Gasteiger partial charge is 0.477 e. The Morgan fingerprint density at radius 2 is 2.30 bits per heavy atom. The molecule has 2 amide bonds. The SMILES string of the molecule is Cn1nnnc1C(=S)C1=C(C(=O)O)N2C(=O)C(NC=O)[C@@H]2SC1. The van der Waals surface area contributed by atoms with Crippen LogP contribution in [0.2, 0.25) is 0 Å². The fraction of sp³-hybridized carbons (Fsp3) is 0.364. The summed E-state index contributed by atoms with van der Waals surface area (Å²) in [5, 5.41) is 22.4. The molecular weight excluding hydrogens is 344 g/mol. The maximum absolute atomic E-state index is 12.1. The average molecular weight is 354 g/mol. The maximum atomic E-state index is 12.1. The van der Waals surface area contributed by atoms with E-state index in [0.717, 1.165) is 4.90 Å². The van der Waals surface area contributed by atoms with Gasteiger partial charge in [0, 0.05) is 18.4 Å². The predicted octanol–water partition coefficient (Wildman–Crippen LogP) is -1.70. The van der Waals surface area contributed by atoms with Crippen molar-refractivity contribution in [2.45, 2.75) is 11.4 Å². The molecule has 0 radical (unpaired) electrons. The van der Waals surface area contributed by atoms with Crippen LogP contribution in [0, 0.1) is 0 Å². The van der Waals surface area contributed by atoms with Gasteiger partial charge in [-0.15, -0.1) is 16.9 Å². The lowest BCUT2D eigenvalue weighted by atomic mass is 10.0. The number of carbonyl (C=O) groups excluding carboxylic acids is 2. The van der Waals surface area contributed by atoms with E-state index in [-0.39, 0.29) is 22.1 Å². The first-order valence-corrected chi connectivity index (χ1v) is 7.81. The van der Waals surface area contributed by atoms with Crippen molar-refractivity contribution in [1.29, 1.82) is 0 Å². The number of carbonyl (C=O) groups is 3. The Hall–Kier alpha value is -2.34. The molecule has 1 fully saturated rings. The number of amides is 2. The molecule has 1 aromatic heterocycles. The summed E-state index contributed by atoms with van der Waals surface area (Å²) in [6.45, 7) is 0. The molecule has 2 N–H and O–H groups in total. The van der Waals surface area contributed by atoms with Gasteiger partial charge in [0.2, 0.25) is 6.41 Å². The Balaban J connectivity index is 2.00. The van der Waals surface area contributed by atoms with Gasteiger partial charge in [-0.25, -0.2) is 9.48 Å². The number of carboxylic acid groups (broad SMARTS) is 1. The molecule has 0 saturated carbocycles. The van der Waals surface area contributed by atoms with E-state index in [9.17, 15) is 19.5 Å². The molecule has 2 aliphatic heterocycles. The molecule has 3 rings (SSSR count). The van der Waals surface area contributed by atoms with E-state index >= 15 is 0 Å². The van der Waals surface area contributed by atoms with E-state index in [1.807, 2.05) is 0 Å². The van der Waals surface area contributed by atoms with Crippen LogP contribution in [-0.4, -0.2) is 70.5 Å². The van der Waals surface area contributed by atoms with Crippen LogP contribution in [0.25, 0.3) is 0 Å². The van der Waals surface area contributed by atoms with E-state index in [0.29, 0.717) is 12.0 Å². The van der Waals surface area contributed by atoms with Crippen LogP contribution < -0.4 is 5.32 Å². The number of nitrogens with one attached hydrogen (secondary N) is 1. The number of thiocarbonyl (C=S) groups is 1. The standard InChI is InChI=1S/C11H10N6O4S2/c1-16-8(13-14-15-16)7(22)4-2-23-10-5(12-3-18)9(19)17(10)6(4)11(20)21/h3,5,10H,2H2,1H3,(H,12,18)(H,20,21)/t5?,10-/m0/s1. The van der Waals surface area contributed by atoms with Gasteiger partial charge < -0.3 is 10.4 Å². The van der Waals surface area contributed by atoms with E-state index in [4.69, 9.17) is 12.2 Å². The van der Waals surface area contributed by atoms with Crippen LogP contribution >= 0.6 is 24.0 Å². The quantitative estimate of drug-likeness (QED) is 0.275. The zero-order valence-electron chi connectivity index (χ0n) is 11.7. The smallest absolute Gasteiger partial charge is 0.353 e. The molecule has 120 valence electrons. The molecule has 1 saturated heterocycles. The number of aromatic nitrogens is 4. The predicted molar refractivity (Wildman–Crippen MR) is 81.2 cm³/mol. The number of rotatable bonds is 5. The summed E-state index contributed by atoms with van der Waals surface area (Å²) in [6, 6.07) is -0.724. The number of tetrazole rings is 1. The molecular formula is C11H10N6O4S2. The van der Waals surface area contributed by atoms with Crippen molar-refractivity contribution in [3.05, 3.63) is 17.1 Å². The number of fused-ring (bicyclic) bond motifs is 1. The minimum Gasteiger partial charge on any atom is -0.477 e. The minimum absolute atomic E-state index is 0.181. The van der Waals surface area contributed by atoms with Gasteiger partial charge in [0.05, 0.1) is 4.86 Å².